The Morgan fingerprint density at radius 1 is 1.15 bits per heavy atom. The van der Waals surface area contributed by atoms with Crippen LogP contribution >= 0.6 is 15.9 Å². The van der Waals surface area contributed by atoms with Gasteiger partial charge in [-0.05, 0) is 77.9 Å². The summed E-state index contributed by atoms with van der Waals surface area (Å²) in [6.07, 6.45) is 6.46. The minimum absolute atomic E-state index is 0.0997. The highest BCUT2D eigenvalue weighted by molar-refractivity contribution is 9.10. The predicted octanol–water partition coefficient (Wildman–Crippen LogP) is 5.56. The fourth-order valence-electron chi connectivity index (χ4n) is 4.23. The van der Waals surface area contributed by atoms with E-state index in [9.17, 15) is 9.59 Å². The second-order valence-electron chi connectivity index (χ2n) is 8.87. The second-order valence-corrected chi connectivity index (χ2v) is 9.73. The lowest BCUT2D eigenvalue weighted by molar-refractivity contribution is -0.142. The Morgan fingerprint density at radius 2 is 1.88 bits per heavy atom. The molecular formula is C27H35BrN2O3. The standard InChI is InChI=1S/C27H35BrN2O3/c1-4-21-14-15-25(24(28)16-21)33-18-26(31)30(17-22-11-9-8-10-19(22)2)20(3)27(32)29-23-12-6-5-7-13-23/h8-11,14-16,20,23H,4-7,12-13,17-18H2,1-3H3,(H,29,32)/t20-/m1/s1. The van der Waals surface area contributed by atoms with E-state index in [-0.39, 0.29) is 24.5 Å². The van der Waals surface area contributed by atoms with Crippen molar-refractivity contribution >= 4 is 27.7 Å². The van der Waals surface area contributed by atoms with Crippen molar-refractivity contribution in [3.8, 4) is 5.75 Å². The lowest BCUT2D eigenvalue weighted by Gasteiger charge is -2.31. The van der Waals surface area contributed by atoms with Crippen LogP contribution in [0.15, 0.2) is 46.9 Å². The first-order chi connectivity index (χ1) is 15.9. The molecule has 33 heavy (non-hydrogen) atoms. The van der Waals surface area contributed by atoms with Gasteiger partial charge in [0.1, 0.15) is 11.8 Å². The van der Waals surface area contributed by atoms with Gasteiger partial charge < -0.3 is 15.0 Å². The molecule has 1 aliphatic carbocycles. The van der Waals surface area contributed by atoms with Crippen molar-refractivity contribution in [1.29, 1.82) is 0 Å². The highest BCUT2D eigenvalue weighted by Crippen LogP contribution is 2.26. The lowest BCUT2D eigenvalue weighted by atomic mass is 9.95. The largest absolute Gasteiger partial charge is 0.483 e. The summed E-state index contributed by atoms with van der Waals surface area (Å²) in [5.41, 5.74) is 3.31. The van der Waals surface area contributed by atoms with Gasteiger partial charge in [-0.3, -0.25) is 9.59 Å². The summed E-state index contributed by atoms with van der Waals surface area (Å²) < 4.78 is 6.68. The summed E-state index contributed by atoms with van der Waals surface area (Å²) >= 11 is 3.53. The fraction of sp³-hybridized carbons (Fsp3) is 0.481. The number of rotatable bonds is 9. The average molecular weight is 515 g/mol. The van der Waals surface area contributed by atoms with E-state index in [0.717, 1.165) is 47.7 Å². The molecule has 0 spiro atoms. The van der Waals surface area contributed by atoms with Crippen LogP contribution in [-0.4, -0.2) is 35.4 Å². The van der Waals surface area contributed by atoms with Crippen LogP contribution in [0.3, 0.4) is 0 Å². The van der Waals surface area contributed by atoms with Gasteiger partial charge in [-0.2, -0.15) is 0 Å². The molecule has 1 aliphatic rings. The molecule has 2 amide bonds. The molecule has 2 aromatic carbocycles. The van der Waals surface area contributed by atoms with Crippen molar-refractivity contribution in [2.24, 2.45) is 0 Å². The van der Waals surface area contributed by atoms with Gasteiger partial charge in [0.25, 0.3) is 5.91 Å². The predicted molar refractivity (Wildman–Crippen MR) is 135 cm³/mol. The summed E-state index contributed by atoms with van der Waals surface area (Å²) in [6, 6.07) is 13.4. The summed E-state index contributed by atoms with van der Waals surface area (Å²) in [4.78, 5) is 28.0. The van der Waals surface area contributed by atoms with E-state index in [1.807, 2.05) is 49.4 Å². The molecule has 5 nitrogen and oxygen atoms in total. The quantitative estimate of drug-likeness (QED) is 0.476. The number of ether oxygens (including phenoxy) is 1. The van der Waals surface area contributed by atoms with Gasteiger partial charge in [-0.1, -0.05) is 56.5 Å². The summed E-state index contributed by atoms with van der Waals surface area (Å²) in [5.74, 6) is 0.309. The van der Waals surface area contributed by atoms with E-state index in [2.05, 4.69) is 28.2 Å². The number of halogens is 1. The van der Waals surface area contributed by atoms with E-state index >= 15 is 0 Å². The summed E-state index contributed by atoms with van der Waals surface area (Å²) in [6.45, 7) is 6.16. The van der Waals surface area contributed by atoms with Gasteiger partial charge in [0, 0.05) is 12.6 Å². The molecule has 1 N–H and O–H groups in total. The molecule has 3 rings (SSSR count). The molecule has 0 radical (unpaired) electrons. The summed E-state index contributed by atoms with van der Waals surface area (Å²) in [7, 11) is 0. The Balaban J connectivity index is 1.73. The van der Waals surface area contributed by atoms with Gasteiger partial charge >= 0.3 is 0 Å². The normalized spacial score (nSPS) is 15.0. The second kappa shape index (κ2) is 12.2. The zero-order chi connectivity index (χ0) is 23.8. The van der Waals surface area contributed by atoms with Crippen molar-refractivity contribution in [2.75, 3.05) is 6.61 Å². The van der Waals surface area contributed by atoms with Crippen molar-refractivity contribution in [1.82, 2.24) is 10.2 Å². The Hall–Kier alpha value is -2.34. The number of carbonyl (C=O) groups is 2. The van der Waals surface area contributed by atoms with Gasteiger partial charge in [0.05, 0.1) is 4.47 Å². The average Bonchev–Trinajstić information content (AvgIpc) is 2.82. The lowest BCUT2D eigenvalue weighted by Crippen LogP contribution is -2.51. The van der Waals surface area contributed by atoms with E-state index in [0.29, 0.717) is 12.3 Å². The van der Waals surface area contributed by atoms with Gasteiger partial charge in [0.2, 0.25) is 5.91 Å². The third kappa shape index (κ3) is 7.07. The van der Waals surface area contributed by atoms with Crippen LogP contribution in [0, 0.1) is 6.92 Å². The van der Waals surface area contributed by atoms with Crippen LogP contribution in [0.1, 0.15) is 62.6 Å². The number of nitrogens with one attached hydrogen (secondary N) is 1. The zero-order valence-electron chi connectivity index (χ0n) is 19.9. The number of aryl methyl sites for hydroxylation is 2. The zero-order valence-corrected chi connectivity index (χ0v) is 21.5. The maximum absolute atomic E-state index is 13.3. The maximum Gasteiger partial charge on any atom is 0.261 e. The van der Waals surface area contributed by atoms with Gasteiger partial charge in [-0.25, -0.2) is 0 Å². The molecule has 0 heterocycles. The molecule has 0 unspecified atom stereocenters. The Morgan fingerprint density at radius 3 is 2.55 bits per heavy atom. The number of nitrogens with zero attached hydrogens (tertiary/aromatic N) is 1. The van der Waals surface area contributed by atoms with Crippen LogP contribution in [0.4, 0.5) is 0 Å². The van der Waals surface area contributed by atoms with Gasteiger partial charge in [0.15, 0.2) is 6.61 Å². The molecule has 0 bridgehead atoms. The first-order valence-corrected chi connectivity index (χ1v) is 12.7. The number of carbonyl (C=O) groups excluding carboxylic acids is 2. The number of hydrogen-bond acceptors (Lipinski definition) is 3. The molecule has 0 aromatic heterocycles. The Kier molecular flexibility index (Phi) is 9.36. The smallest absolute Gasteiger partial charge is 0.261 e. The van der Waals surface area contributed by atoms with E-state index in [1.54, 1.807) is 11.8 Å². The SMILES string of the molecule is CCc1ccc(OCC(=O)N(Cc2ccccc2C)[C@H](C)C(=O)NC2CCCCC2)c(Br)c1. The number of amides is 2. The first kappa shape index (κ1) is 25.3. The molecule has 1 fully saturated rings. The molecule has 6 heteroatoms. The van der Waals surface area contributed by atoms with Crippen molar-refractivity contribution in [3.63, 3.8) is 0 Å². The van der Waals surface area contributed by atoms with E-state index in [4.69, 9.17) is 4.74 Å². The maximum atomic E-state index is 13.3. The van der Waals surface area contributed by atoms with Crippen molar-refractivity contribution in [3.05, 3.63) is 63.6 Å². The van der Waals surface area contributed by atoms with E-state index in [1.165, 1.54) is 12.0 Å². The molecule has 0 aliphatic heterocycles. The van der Waals surface area contributed by atoms with Gasteiger partial charge in [-0.15, -0.1) is 0 Å². The van der Waals surface area contributed by atoms with Crippen LogP contribution in [-0.2, 0) is 22.6 Å². The van der Waals surface area contributed by atoms with Crippen molar-refractivity contribution in [2.45, 2.75) is 77.9 Å². The molecule has 1 atom stereocenters. The Labute approximate surface area is 206 Å². The summed E-state index contributed by atoms with van der Waals surface area (Å²) in [5, 5.41) is 3.17. The minimum Gasteiger partial charge on any atom is -0.483 e. The monoisotopic (exact) mass is 514 g/mol. The number of hydrogen-bond donors (Lipinski definition) is 1. The highest BCUT2D eigenvalue weighted by atomic mass is 79.9. The number of benzene rings is 2. The third-order valence-corrected chi connectivity index (χ3v) is 7.10. The topological polar surface area (TPSA) is 58.6 Å². The highest BCUT2D eigenvalue weighted by Gasteiger charge is 2.28. The molecular weight excluding hydrogens is 480 g/mol. The molecule has 0 saturated heterocycles. The first-order valence-electron chi connectivity index (χ1n) is 11.9. The molecule has 2 aromatic rings. The Bertz CT molecular complexity index is 956. The minimum atomic E-state index is -0.589. The van der Waals surface area contributed by atoms with E-state index < -0.39 is 6.04 Å². The van der Waals surface area contributed by atoms with Crippen LogP contribution in [0.25, 0.3) is 0 Å². The fourth-order valence-corrected chi connectivity index (χ4v) is 4.77. The third-order valence-electron chi connectivity index (χ3n) is 6.48. The van der Waals surface area contributed by atoms with Crippen LogP contribution in [0.5, 0.6) is 5.75 Å². The molecule has 178 valence electrons. The van der Waals surface area contributed by atoms with Crippen LogP contribution < -0.4 is 10.1 Å². The van der Waals surface area contributed by atoms with Crippen LogP contribution in [0.2, 0.25) is 0 Å². The molecule has 1 saturated carbocycles. The van der Waals surface area contributed by atoms with Crippen molar-refractivity contribution < 1.29 is 14.3 Å².